The van der Waals surface area contributed by atoms with Gasteiger partial charge in [0.2, 0.25) is 5.91 Å². The van der Waals surface area contributed by atoms with Crippen LogP contribution in [0.25, 0.3) is 0 Å². The summed E-state index contributed by atoms with van der Waals surface area (Å²) in [6, 6.07) is 13.7. The molecule has 0 saturated carbocycles. The monoisotopic (exact) mass is 393 g/mol. The summed E-state index contributed by atoms with van der Waals surface area (Å²) in [7, 11) is 0. The third-order valence-electron chi connectivity index (χ3n) is 4.85. The van der Waals surface area contributed by atoms with E-state index in [0.29, 0.717) is 22.5 Å². The van der Waals surface area contributed by atoms with Crippen LogP contribution in [0.4, 0.5) is 11.4 Å². The Morgan fingerprint density at radius 1 is 0.828 bits per heavy atom. The van der Waals surface area contributed by atoms with Crippen LogP contribution in [0.2, 0.25) is 0 Å². The van der Waals surface area contributed by atoms with Gasteiger partial charge in [0.05, 0.1) is 0 Å². The maximum absolute atomic E-state index is 12.6. The molecule has 1 aliphatic rings. The highest BCUT2D eigenvalue weighted by Crippen LogP contribution is 2.20. The summed E-state index contributed by atoms with van der Waals surface area (Å²) < 4.78 is 0. The molecule has 0 unspecified atom stereocenters. The fraction of sp³-hybridized carbons (Fsp3) is 0.348. The molecular weight excluding hydrogens is 366 g/mol. The Kier molecular flexibility index (Phi) is 6.01. The summed E-state index contributed by atoms with van der Waals surface area (Å²) in [5.74, 6) is -0.369. The molecule has 0 aliphatic carbocycles. The molecule has 2 aromatic rings. The van der Waals surface area contributed by atoms with Gasteiger partial charge in [0, 0.05) is 41.0 Å². The Morgan fingerprint density at radius 3 is 2.10 bits per heavy atom. The fourth-order valence-electron chi connectivity index (χ4n) is 3.06. The van der Waals surface area contributed by atoms with Crippen LogP contribution >= 0.6 is 0 Å². The quantitative estimate of drug-likeness (QED) is 0.819. The molecule has 29 heavy (non-hydrogen) atoms. The lowest BCUT2D eigenvalue weighted by molar-refractivity contribution is -0.123. The van der Waals surface area contributed by atoms with E-state index in [9.17, 15) is 14.4 Å². The van der Waals surface area contributed by atoms with E-state index in [1.165, 1.54) is 0 Å². The molecule has 0 radical (unpaired) electrons. The third kappa shape index (κ3) is 5.22. The lowest BCUT2D eigenvalue weighted by Gasteiger charge is -2.18. The van der Waals surface area contributed by atoms with Gasteiger partial charge in [-0.1, -0.05) is 26.8 Å². The van der Waals surface area contributed by atoms with Crippen LogP contribution in [0.15, 0.2) is 48.5 Å². The van der Waals surface area contributed by atoms with Crippen LogP contribution in [-0.2, 0) is 4.79 Å². The van der Waals surface area contributed by atoms with Gasteiger partial charge in [0.25, 0.3) is 11.8 Å². The van der Waals surface area contributed by atoms with Crippen LogP contribution in [0.1, 0.15) is 54.3 Å². The summed E-state index contributed by atoms with van der Waals surface area (Å²) in [6.45, 7) is 7.10. The van der Waals surface area contributed by atoms with Crippen molar-refractivity contribution in [1.29, 1.82) is 0 Å². The van der Waals surface area contributed by atoms with Crippen molar-refractivity contribution in [2.45, 2.75) is 33.6 Å². The molecule has 0 bridgehead atoms. The highest BCUT2D eigenvalue weighted by molar-refractivity contribution is 6.05. The topological polar surface area (TPSA) is 78.5 Å². The zero-order chi connectivity index (χ0) is 21.0. The van der Waals surface area contributed by atoms with Crippen molar-refractivity contribution in [3.63, 3.8) is 0 Å². The number of hydrogen-bond acceptors (Lipinski definition) is 3. The molecule has 0 spiro atoms. The number of nitrogens with zero attached hydrogens (tertiary/aromatic N) is 1. The van der Waals surface area contributed by atoms with Crippen molar-refractivity contribution in [2.24, 2.45) is 5.41 Å². The largest absolute Gasteiger partial charge is 0.339 e. The first-order valence-corrected chi connectivity index (χ1v) is 9.86. The summed E-state index contributed by atoms with van der Waals surface area (Å²) in [4.78, 5) is 39.0. The van der Waals surface area contributed by atoms with E-state index in [1.807, 2.05) is 25.7 Å². The van der Waals surface area contributed by atoms with Gasteiger partial charge in [-0.25, -0.2) is 0 Å². The number of nitrogens with one attached hydrogen (secondary N) is 2. The SMILES string of the molecule is CC(C)(C)C(=O)Nc1cccc(C(=O)Nc2ccc(C(=O)N3CCCC3)cc2)c1. The van der Waals surface area contributed by atoms with Crippen LogP contribution in [0.5, 0.6) is 0 Å². The van der Waals surface area contributed by atoms with Crippen molar-refractivity contribution < 1.29 is 14.4 Å². The van der Waals surface area contributed by atoms with E-state index in [4.69, 9.17) is 0 Å². The summed E-state index contributed by atoms with van der Waals surface area (Å²) in [5.41, 5.74) is 1.72. The van der Waals surface area contributed by atoms with Crippen molar-refractivity contribution in [3.8, 4) is 0 Å². The van der Waals surface area contributed by atoms with E-state index >= 15 is 0 Å². The Bertz CT molecular complexity index is 908. The molecule has 1 saturated heterocycles. The maximum atomic E-state index is 12.6. The normalized spacial score (nSPS) is 13.8. The van der Waals surface area contributed by atoms with Gasteiger partial charge >= 0.3 is 0 Å². The summed E-state index contributed by atoms with van der Waals surface area (Å²) in [5, 5.41) is 5.65. The van der Waals surface area contributed by atoms with Crippen molar-refractivity contribution in [1.82, 2.24) is 4.90 Å². The minimum atomic E-state index is -0.521. The number of carbonyl (C=O) groups excluding carboxylic acids is 3. The number of carbonyl (C=O) groups is 3. The smallest absolute Gasteiger partial charge is 0.255 e. The molecule has 0 aromatic heterocycles. The minimum absolute atomic E-state index is 0.0302. The van der Waals surface area contributed by atoms with Gasteiger partial charge in [0.15, 0.2) is 0 Å². The van der Waals surface area contributed by atoms with Crippen LogP contribution in [0.3, 0.4) is 0 Å². The van der Waals surface area contributed by atoms with Gasteiger partial charge in [-0.3, -0.25) is 14.4 Å². The second kappa shape index (κ2) is 8.47. The Labute approximate surface area is 171 Å². The Hall–Kier alpha value is -3.15. The standard InChI is InChI=1S/C23H27N3O3/c1-23(2,3)22(29)25-19-8-6-7-17(15-19)20(27)24-18-11-9-16(10-12-18)21(28)26-13-4-5-14-26/h6-12,15H,4-5,13-14H2,1-3H3,(H,24,27)(H,25,29). The molecule has 2 aromatic carbocycles. The summed E-state index contributed by atoms with van der Waals surface area (Å²) >= 11 is 0. The molecule has 3 rings (SSSR count). The van der Waals surface area contributed by atoms with Crippen LogP contribution in [-0.4, -0.2) is 35.7 Å². The van der Waals surface area contributed by atoms with Crippen molar-refractivity contribution in [3.05, 3.63) is 59.7 Å². The Balaban J connectivity index is 1.65. The Morgan fingerprint density at radius 2 is 1.48 bits per heavy atom. The van der Waals surface area contributed by atoms with Crippen molar-refractivity contribution >= 4 is 29.1 Å². The van der Waals surface area contributed by atoms with E-state index in [0.717, 1.165) is 25.9 Å². The second-order valence-corrected chi connectivity index (χ2v) is 8.32. The molecule has 1 heterocycles. The van der Waals surface area contributed by atoms with Gasteiger partial charge in [-0.2, -0.15) is 0 Å². The number of likely N-dealkylation sites (tertiary alicyclic amines) is 1. The first-order valence-electron chi connectivity index (χ1n) is 9.86. The van der Waals surface area contributed by atoms with Gasteiger partial charge < -0.3 is 15.5 Å². The van der Waals surface area contributed by atoms with E-state index < -0.39 is 5.41 Å². The minimum Gasteiger partial charge on any atom is -0.339 e. The average molecular weight is 393 g/mol. The highest BCUT2D eigenvalue weighted by Gasteiger charge is 2.22. The second-order valence-electron chi connectivity index (χ2n) is 8.32. The maximum Gasteiger partial charge on any atom is 0.255 e. The molecule has 6 heteroatoms. The number of hydrogen-bond donors (Lipinski definition) is 2. The first kappa shape index (κ1) is 20.6. The molecule has 1 aliphatic heterocycles. The van der Waals surface area contributed by atoms with E-state index in [1.54, 1.807) is 48.5 Å². The number of amides is 3. The van der Waals surface area contributed by atoms with Crippen LogP contribution in [0, 0.1) is 5.41 Å². The molecular formula is C23H27N3O3. The van der Waals surface area contributed by atoms with E-state index in [2.05, 4.69) is 10.6 Å². The van der Waals surface area contributed by atoms with Gasteiger partial charge in [0.1, 0.15) is 0 Å². The zero-order valence-electron chi connectivity index (χ0n) is 17.1. The third-order valence-corrected chi connectivity index (χ3v) is 4.85. The fourth-order valence-corrected chi connectivity index (χ4v) is 3.06. The van der Waals surface area contributed by atoms with Crippen LogP contribution < -0.4 is 10.6 Å². The predicted octanol–water partition coefficient (Wildman–Crippen LogP) is 4.16. The predicted molar refractivity (Wildman–Crippen MR) is 114 cm³/mol. The molecule has 1 fully saturated rings. The molecule has 3 amide bonds. The van der Waals surface area contributed by atoms with Gasteiger partial charge in [-0.15, -0.1) is 0 Å². The lowest BCUT2D eigenvalue weighted by Crippen LogP contribution is -2.27. The highest BCUT2D eigenvalue weighted by atomic mass is 16.2. The zero-order valence-corrected chi connectivity index (χ0v) is 17.1. The molecule has 0 atom stereocenters. The molecule has 2 N–H and O–H groups in total. The summed E-state index contributed by atoms with van der Waals surface area (Å²) in [6.07, 6.45) is 2.10. The number of rotatable bonds is 4. The average Bonchev–Trinajstić information content (AvgIpc) is 3.22. The van der Waals surface area contributed by atoms with Gasteiger partial charge in [-0.05, 0) is 55.3 Å². The lowest BCUT2D eigenvalue weighted by atomic mass is 9.95. The molecule has 6 nitrogen and oxygen atoms in total. The molecule has 152 valence electrons. The van der Waals surface area contributed by atoms with E-state index in [-0.39, 0.29) is 17.7 Å². The first-order chi connectivity index (χ1) is 13.7. The number of benzene rings is 2. The van der Waals surface area contributed by atoms with Crippen molar-refractivity contribution in [2.75, 3.05) is 23.7 Å². The number of anilines is 2.